The predicted octanol–water partition coefficient (Wildman–Crippen LogP) is 0.618. The lowest BCUT2D eigenvalue weighted by Gasteiger charge is -2.24. The molecule has 0 aromatic carbocycles. The Labute approximate surface area is 108 Å². The van der Waals surface area contributed by atoms with Crippen molar-refractivity contribution < 1.29 is 9.53 Å². The fourth-order valence-electron chi connectivity index (χ4n) is 1.54. The van der Waals surface area contributed by atoms with E-state index in [9.17, 15) is 4.79 Å². The Kier molecular flexibility index (Phi) is 6.32. The van der Waals surface area contributed by atoms with Crippen LogP contribution >= 0.6 is 0 Å². The van der Waals surface area contributed by atoms with E-state index in [-0.39, 0.29) is 12.5 Å². The van der Waals surface area contributed by atoms with Crippen LogP contribution in [0.4, 0.5) is 0 Å². The van der Waals surface area contributed by atoms with Gasteiger partial charge in [-0.05, 0) is 25.7 Å². The van der Waals surface area contributed by atoms with E-state index < -0.39 is 0 Å². The lowest BCUT2D eigenvalue weighted by atomic mass is 10.2. The molecule has 0 bridgehead atoms. The molecule has 1 amide bonds. The quantitative estimate of drug-likeness (QED) is 0.712. The van der Waals surface area contributed by atoms with Gasteiger partial charge in [0.1, 0.15) is 6.61 Å². The van der Waals surface area contributed by atoms with E-state index in [1.807, 2.05) is 26.2 Å². The van der Waals surface area contributed by atoms with Crippen molar-refractivity contribution in [1.82, 2.24) is 14.8 Å². The van der Waals surface area contributed by atoms with E-state index in [1.54, 1.807) is 17.3 Å². The molecule has 1 rings (SSSR count). The molecule has 5 nitrogen and oxygen atoms in total. The Balaban J connectivity index is 2.62. The number of methoxy groups -OCH3 is 1. The smallest absolute Gasteiger partial charge is 0.248 e. The summed E-state index contributed by atoms with van der Waals surface area (Å²) in [7, 11) is 5.51. The minimum atomic E-state index is 0.00297. The molecular weight excluding hydrogens is 230 g/mol. The van der Waals surface area contributed by atoms with Crippen LogP contribution < -0.4 is 0 Å². The van der Waals surface area contributed by atoms with Gasteiger partial charge in [-0.2, -0.15) is 0 Å². The summed E-state index contributed by atoms with van der Waals surface area (Å²) in [5.74, 6) is 0.00297. The van der Waals surface area contributed by atoms with Gasteiger partial charge in [0.2, 0.25) is 5.91 Å². The zero-order valence-corrected chi connectivity index (χ0v) is 11.3. The number of likely N-dealkylation sites (N-methyl/N-ethyl adjacent to an activating group) is 1. The van der Waals surface area contributed by atoms with E-state index in [2.05, 4.69) is 9.88 Å². The molecule has 5 heteroatoms. The Morgan fingerprint density at radius 3 is 2.72 bits per heavy atom. The van der Waals surface area contributed by atoms with Crippen LogP contribution in [0.15, 0.2) is 24.5 Å². The van der Waals surface area contributed by atoms with Crippen LogP contribution in [0.2, 0.25) is 0 Å². The summed E-state index contributed by atoms with van der Waals surface area (Å²) in [4.78, 5) is 19.8. The molecule has 0 aliphatic rings. The molecule has 0 radical (unpaired) electrons. The number of nitrogens with zero attached hydrogens (tertiary/aromatic N) is 3. The van der Waals surface area contributed by atoms with Crippen molar-refractivity contribution in [2.24, 2.45) is 0 Å². The molecule has 18 heavy (non-hydrogen) atoms. The van der Waals surface area contributed by atoms with E-state index in [1.165, 1.54) is 7.11 Å². The first kappa shape index (κ1) is 14.6. The normalized spacial score (nSPS) is 10.7. The van der Waals surface area contributed by atoms with E-state index >= 15 is 0 Å². The summed E-state index contributed by atoms with van der Waals surface area (Å²) in [6.45, 7) is 2.21. The van der Waals surface area contributed by atoms with Crippen LogP contribution in [0.25, 0.3) is 0 Å². The number of aromatic nitrogens is 1. The van der Waals surface area contributed by atoms with Crippen LogP contribution in [-0.2, 0) is 16.1 Å². The first-order chi connectivity index (χ1) is 8.63. The summed E-state index contributed by atoms with van der Waals surface area (Å²) in [6, 6.07) is 3.84. The number of hydrogen-bond donors (Lipinski definition) is 0. The minimum absolute atomic E-state index is 0.00297. The Morgan fingerprint density at radius 1 is 1.39 bits per heavy atom. The van der Waals surface area contributed by atoms with E-state index in [0.29, 0.717) is 13.1 Å². The van der Waals surface area contributed by atoms with Crippen LogP contribution in [0.1, 0.15) is 5.56 Å². The number of carbonyl (C=O) groups is 1. The molecule has 0 unspecified atom stereocenters. The van der Waals surface area contributed by atoms with Gasteiger partial charge < -0.3 is 14.5 Å². The number of rotatable bonds is 7. The average Bonchev–Trinajstić information content (AvgIpc) is 2.35. The third-order valence-corrected chi connectivity index (χ3v) is 2.53. The van der Waals surface area contributed by atoms with Crippen LogP contribution in [-0.4, -0.2) is 61.6 Å². The molecule has 0 spiro atoms. The zero-order valence-electron chi connectivity index (χ0n) is 11.3. The highest BCUT2D eigenvalue weighted by atomic mass is 16.5. The first-order valence-corrected chi connectivity index (χ1v) is 5.94. The third kappa shape index (κ3) is 5.25. The molecule has 100 valence electrons. The molecule has 0 fully saturated rings. The van der Waals surface area contributed by atoms with Gasteiger partial charge >= 0.3 is 0 Å². The van der Waals surface area contributed by atoms with Gasteiger partial charge in [0.25, 0.3) is 0 Å². The number of hydrogen-bond acceptors (Lipinski definition) is 4. The second kappa shape index (κ2) is 7.79. The maximum Gasteiger partial charge on any atom is 0.248 e. The maximum atomic E-state index is 11.9. The van der Waals surface area contributed by atoms with Crippen molar-refractivity contribution in [3.63, 3.8) is 0 Å². The van der Waals surface area contributed by atoms with E-state index in [0.717, 1.165) is 12.1 Å². The SMILES string of the molecule is COCC(=O)N(CCN(C)C)Cc1cccnc1. The molecule has 1 aromatic heterocycles. The maximum absolute atomic E-state index is 11.9. The first-order valence-electron chi connectivity index (χ1n) is 5.94. The summed E-state index contributed by atoms with van der Waals surface area (Å²) < 4.78 is 4.91. The van der Waals surface area contributed by atoms with Crippen molar-refractivity contribution in [3.8, 4) is 0 Å². The van der Waals surface area contributed by atoms with Gasteiger partial charge in [-0.1, -0.05) is 6.07 Å². The number of pyridine rings is 1. The van der Waals surface area contributed by atoms with E-state index in [4.69, 9.17) is 4.74 Å². The Morgan fingerprint density at radius 2 is 2.17 bits per heavy atom. The van der Waals surface area contributed by atoms with Gasteiger partial charge in [0, 0.05) is 39.1 Å². The second-order valence-electron chi connectivity index (χ2n) is 4.41. The third-order valence-electron chi connectivity index (χ3n) is 2.53. The highest BCUT2D eigenvalue weighted by molar-refractivity contribution is 5.77. The molecule has 0 saturated heterocycles. The molecule has 0 atom stereocenters. The predicted molar refractivity (Wildman–Crippen MR) is 70.1 cm³/mol. The van der Waals surface area contributed by atoms with Crippen molar-refractivity contribution in [2.45, 2.75) is 6.54 Å². The van der Waals surface area contributed by atoms with Crippen LogP contribution in [0.3, 0.4) is 0 Å². The lowest BCUT2D eigenvalue weighted by Crippen LogP contribution is -2.38. The molecule has 0 aliphatic heterocycles. The summed E-state index contributed by atoms with van der Waals surface area (Å²) >= 11 is 0. The Bertz CT molecular complexity index is 355. The van der Waals surface area contributed by atoms with Gasteiger partial charge in [-0.25, -0.2) is 0 Å². The molecule has 1 aromatic rings. The van der Waals surface area contributed by atoms with Gasteiger partial charge in [-0.3, -0.25) is 9.78 Å². The largest absolute Gasteiger partial charge is 0.375 e. The fourth-order valence-corrected chi connectivity index (χ4v) is 1.54. The molecule has 0 N–H and O–H groups in total. The van der Waals surface area contributed by atoms with Crippen LogP contribution in [0.5, 0.6) is 0 Å². The van der Waals surface area contributed by atoms with Crippen LogP contribution in [0, 0.1) is 0 Å². The minimum Gasteiger partial charge on any atom is -0.375 e. The summed E-state index contributed by atoms with van der Waals surface area (Å²) in [5.41, 5.74) is 1.03. The van der Waals surface area contributed by atoms with Crippen molar-refractivity contribution in [1.29, 1.82) is 0 Å². The number of ether oxygens (including phenoxy) is 1. The standard InChI is InChI=1S/C13H21N3O2/c1-15(2)7-8-16(13(17)11-18-3)10-12-5-4-6-14-9-12/h4-6,9H,7-8,10-11H2,1-3H3. The number of carbonyl (C=O) groups excluding carboxylic acids is 1. The molecule has 0 saturated carbocycles. The average molecular weight is 251 g/mol. The fraction of sp³-hybridized carbons (Fsp3) is 0.538. The second-order valence-corrected chi connectivity index (χ2v) is 4.41. The van der Waals surface area contributed by atoms with Gasteiger partial charge in [0.05, 0.1) is 0 Å². The highest BCUT2D eigenvalue weighted by Gasteiger charge is 2.13. The molecule has 0 aliphatic carbocycles. The van der Waals surface area contributed by atoms with Gasteiger partial charge in [0.15, 0.2) is 0 Å². The summed E-state index contributed by atoms with van der Waals surface area (Å²) in [5, 5.41) is 0. The van der Waals surface area contributed by atoms with Crippen molar-refractivity contribution in [2.75, 3.05) is 40.9 Å². The Hall–Kier alpha value is -1.46. The highest BCUT2D eigenvalue weighted by Crippen LogP contribution is 2.03. The topological polar surface area (TPSA) is 45.7 Å². The molecule has 1 heterocycles. The zero-order chi connectivity index (χ0) is 13.4. The van der Waals surface area contributed by atoms with Gasteiger partial charge in [-0.15, -0.1) is 0 Å². The summed E-state index contributed by atoms with van der Waals surface area (Å²) in [6.07, 6.45) is 3.51. The molecular formula is C13H21N3O2. The monoisotopic (exact) mass is 251 g/mol. The van der Waals surface area contributed by atoms with Crippen molar-refractivity contribution in [3.05, 3.63) is 30.1 Å². The lowest BCUT2D eigenvalue weighted by molar-refractivity contribution is -0.135. The van der Waals surface area contributed by atoms with Crippen molar-refractivity contribution >= 4 is 5.91 Å². The number of amides is 1.